The number of aliphatic hydroxyl groups excluding tert-OH is 2. The fourth-order valence-electron chi connectivity index (χ4n) is 8.54. The van der Waals surface area contributed by atoms with E-state index in [4.69, 9.17) is 30.4 Å². The van der Waals surface area contributed by atoms with Crippen LogP contribution in [0.1, 0.15) is 113 Å². The Balaban J connectivity index is 0.939. The second-order valence-corrected chi connectivity index (χ2v) is 18.9. The van der Waals surface area contributed by atoms with E-state index >= 15 is 0 Å². The third-order valence-electron chi connectivity index (χ3n) is 12.9. The van der Waals surface area contributed by atoms with Gasteiger partial charge in [0.15, 0.2) is 22.9 Å². The average molecular weight is 1080 g/mol. The van der Waals surface area contributed by atoms with Crippen LogP contribution in [0.15, 0.2) is 70.3 Å². The molecule has 8 N–H and O–H groups in total. The largest absolute Gasteiger partial charge is 0.463 e. The molecule has 2 unspecified atom stereocenters. The smallest absolute Gasteiger partial charge is 0.338 e. The highest BCUT2D eigenvalue weighted by Crippen LogP contribution is 2.23. The number of carbonyl (C=O) groups excluding carboxylic acids is 4. The highest BCUT2D eigenvalue weighted by Gasteiger charge is 2.23. The Bertz CT molecular complexity index is 2920. The first-order chi connectivity index (χ1) is 37.6. The number of unbranched alkanes of at least 4 members (excludes halogenated alkanes) is 4. The molecule has 420 valence electrons. The maximum absolute atomic E-state index is 13.1. The Morgan fingerprint density at radius 2 is 1.03 bits per heavy atom. The van der Waals surface area contributed by atoms with E-state index in [2.05, 4.69) is 29.9 Å². The van der Waals surface area contributed by atoms with Crippen molar-refractivity contribution in [2.75, 3.05) is 64.1 Å². The van der Waals surface area contributed by atoms with Gasteiger partial charge in [-0.15, -0.1) is 0 Å². The number of esters is 4. The summed E-state index contributed by atoms with van der Waals surface area (Å²) in [6, 6.07) is 14.6. The topological polar surface area (TPSA) is 331 Å². The molecule has 0 radical (unpaired) electrons. The maximum Gasteiger partial charge on any atom is 0.338 e. The molecule has 6 aromatic rings. The van der Waals surface area contributed by atoms with E-state index in [0.29, 0.717) is 137 Å². The lowest BCUT2D eigenvalue weighted by molar-refractivity contribution is -0.159. The summed E-state index contributed by atoms with van der Waals surface area (Å²) < 4.78 is 24.3. The number of aromatic nitrogens is 8. The van der Waals surface area contributed by atoms with Gasteiger partial charge in [0.2, 0.25) is 0 Å². The van der Waals surface area contributed by atoms with Gasteiger partial charge in [0.05, 0.1) is 38.3 Å². The molecule has 0 saturated heterocycles. The lowest BCUT2D eigenvalue weighted by Gasteiger charge is -2.22. The predicted octanol–water partition coefficient (Wildman–Crippen LogP) is 4.23. The molecule has 0 aliphatic rings. The van der Waals surface area contributed by atoms with Crippen LogP contribution in [0.25, 0.3) is 22.3 Å². The molecule has 24 heteroatoms. The zero-order valence-corrected chi connectivity index (χ0v) is 44.8. The van der Waals surface area contributed by atoms with Gasteiger partial charge in [-0.1, -0.05) is 75.2 Å². The van der Waals surface area contributed by atoms with Gasteiger partial charge in [-0.05, 0) is 87.7 Å². The minimum absolute atomic E-state index is 0.0900. The molecule has 4 aromatic heterocycles. The van der Waals surface area contributed by atoms with Crippen LogP contribution in [-0.2, 0) is 54.8 Å². The van der Waals surface area contributed by atoms with Crippen molar-refractivity contribution < 1.29 is 48.3 Å². The molecule has 2 atom stereocenters. The Morgan fingerprint density at radius 3 is 1.41 bits per heavy atom. The number of anilines is 2. The van der Waals surface area contributed by atoms with Crippen molar-refractivity contribution in [2.45, 2.75) is 117 Å². The predicted molar refractivity (Wildman–Crippen MR) is 290 cm³/mol. The van der Waals surface area contributed by atoms with Gasteiger partial charge in [0.1, 0.15) is 11.0 Å². The summed E-state index contributed by atoms with van der Waals surface area (Å²) in [4.78, 5) is 104. The third kappa shape index (κ3) is 16.8. The number of nitrogens with two attached hydrogens (primary N) is 2. The molecule has 0 aliphatic heterocycles. The maximum atomic E-state index is 13.1. The van der Waals surface area contributed by atoms with E-state index in [9.17, 15) is 39.0 Å². The summed E-state index contributed by atoms with van der Waals surface area (Å²) in [5.74, 6) is -5.48. The fraction of sp³-hybridized carbons (Fsp3) is 0.481. The summed E-state index contributed by atoms with van der Waals surface area (Å²) in [6.45, 7) is 11.4. The number of H-pyrrole nitrogens is 2. The lowest BCUT2D eigenvalue weighted by Crippen LogP contribution is -2.28. The molecule has 0 amide bonds. The molecule has 2 aromatic carbocycles. The average Bonchev–Trinajstić information content (AvgIpc) is 4.05. The van der Waals surface area contributed by atoms with Gasteiger partial charge in [-0.3, -0.25) is 28.5 Å². The van der Waals surface area contributed by atoms with Gasteiger partial charge < -0.3 is 50.6 Å². The van der Waals surface area contributed by atoms with Crippen LogP contribution in [0.2, 0.25) is 0 Å². The van der Waals surface area contributed by atoms with E-state index in [1.54, 1.807) is 38.1 Å². The summed E-state index contributed by atoms with van der Waals surface area (Å²) in [7, 11) is 0. The zero-order valence-electron chi connectivity index (χ0n) is 44.8. The number of rotatable bonds is 32. The first-order valence-electron chi connectivity index (χ1n) is 26.4. The molecule has 0 aliphatic carbocycles. The number of benzene rings is 2. The van der Waals surface area contributed by atoms with E-state index in [1.807, 2.05) is 47.9 Å². The Kier molecular flexibility index (Phi) is 22.6. The normalized spacial score (nSPS) is 12.5. The quantitative estimate of drug-likeness (QED) is 0.0149. The van der Waals surface area contributed by atoms with E-state index < -0.39 is 35.7 Å². The number of aromatic amines is 2. The molecule has 24 nitrogen and oxygen atoms in total. The number of nitrogens with one attached hydrogen (secondary N) is 2. The van der Waals surface area contributed by atoms with Crippen LogP contribution in [0.5, 0.6) is 12.0 Å². The van der Waals surface area contributed by atoms with Crippen molar-refractivity contribution in [3.63, 3.8) is 0 Å². The number of nitrogens with zero attached hydrogens (tertiary/aromatic N) is 8. The summed E-state index contributed by atoms with van der Waals surface area (Å²) in [5.41, 5.74) is 15.7. The van der Waals surface area contributed by atoms with Crippen LogP contribution in [0, 0.1) is 0 Å². The number of carbonyl (C=O) groups is 4. The summed E-state index contributed by atoms with van der Waals surface area (Å²) in [6.07, 6.45) is 7.51. The number of fused-ring (bicyclic) bond motifs is 2. The number of imidazole rings is 2. The van der Waals surface area contributed by atoms with Gasteiger partial charge in [0.25, 0.3) is 0 Å². The number of ether oxygens (including phenoxy) is 4. The molecular weight excluding hydrogens is 1010 g/mol. The van der Waals surface area contributed by atoms with Crippen molar-refractivity contribution in [3.8, 4) is 12.0 Å². The van der Waals surface area contributed by atoms with Gasteiger partial charge in [-0.2, -0.15) is 19.9 Å². The molecule has 4 heterocycles. The van der Waals surface area contributed by atoms with Crippen LogP contribution >= 0.6 is 0 Å². The summed E-state index contributed by atoms with van der Waals surface area (Å²) in [5, 5.41) is 19.7. The Morgan fingerprint density at radius 1 is 0.615 bits per heavy atom. The first kappa shape index (κ1) is 59.4. The second-order valence-electron chi connectivity index (χ2n) is 18.9. The standard InChI is InChI=1S/C54H72N12O12/c1-5-7-29-75-51-59-45(55)43-47(61-51)65(53(73)57-43)23-11-9-21-63(25-27-67)33-37-15-13-17-39(31-37)35(3)49(71)77-41(69)19-20-42(70)78-50(72)36(4)40-18-14-16-38(32-40)34-64(26-28-68)22-10-12-24-66-48-44(58-54(66)74)46(56)60-52(62-48)76-30-8-6-2/h13-20,31-32,35-36,67-68H,5-12,21-30,33-34H2,1-4H3,(H,57,73)(H,58,74)(H2,55,59,61)(H2,56,60,62)/b20-19+. The van der Waals surface area contributed by atoms with Crippen LogP contribution in [0.4, 0.5) is 11.6 Å². The highest BCUT2D eigenvalue weighted by atomic mass is 16.6. The number of aryl methyl sites for hydroxylation is 2. The van der Waals surface area contributed by atoms with Crippen LogP contribution < -0.4 is 32.3 Å². The molecule has 78 heavy (non-hydrogen) atoms. The molecular formula is C54H72N12O12. The Labute approximate surface area is 450 Å². The second kappa shape index (κ2) is 29.6. The van der Waals surface area contributed by atoms with E-state index in [1.165, 1.54) is 9.13 Å². The monoisotopic (exact) mass is 1080 g/mol. The van der Waals surface area contributed by atoms with Crippen molar-refractivity contribution in [1.29, 1.82) is 0 Å². The van der Waals surface area contributed by atoms with E-state index in [0.717, 1.165) is 36.8 Å². The minimum Gasteiger partial charge on any atom is -0.463 e. The zero-order chi connectivity index (χ0) is 56.1. The highest BCUT2D eigenvalue weighted by molar-refractivity contribution is 6.00. The number of aliphatic hydroxyl groups is 2. The Hall–Kier alpha value is -7.80. The van der Waals surface area contributed by atoms with Crippen LogP contribution in [-0.4, -0.2) is 136 Å². The SMILES string of the molecule is CCCCOc1nc(N)c2[nH]c(=O)n(CCCCN(CCO)Cc3cccc(C(C)C(=O)OC(=O)/C=C/C(=O)OC(=O)C(C)c4cccc(CN(CCO)CCCCn5c(=O)[nH]c6c(N)nc(OCCCC)nc65)c4)c3)c2n1. The van der Waals surface area contributed by atoms with Gasteiger partial charge in [0, 0.05) is 51.4 Å². The number of nitrogen functional groups attached to an aromatic ring is 2. The lowest BCUT2D eigenvalue weighted by atomic mass is 9.99. The minimum atomic E-state index is -1.13. The first-order valence-corrected chi connectivity index (χ1v) is 26.4. The molecule has 6 rings (SSSR count). The molecule has 0 saturated carbocycles. The van der Waals surface area contributed by atoms with Crippen molar-refractivity contribution in [3.05, 3.63) is 104 Å². The molecule has 0 fully saturated rings. The van der Waals surface area contributed by atoms with Gasteiger partial charge >= 0.3 is 47.3 Å². The van der Waals surface area contributed by atoms with Crippen LogP contribution in [0.3, 0.4) is 0 Å². The molecule has 0 spiro atoms. The van der Waals surface area contributed by atoms with Gasteiger partial charge in [-0.25, -0.2) is 19.2 Å². The molecule has 0 bridgehead atoms. The van der Waals surface area contributed by atoms with Crippen molar-refractivity contribution in [1.82, 2.24) is 48.8 Å². The van der Waals surface area contributed by atoms with Crippen molar-refractivity contribution in [2.24, 2.45) is 0 Å². The number of hydrogen-bond acceptors (Lipinski definition) is 20. The third-order valence-corrected chi connectivity index (χ3v) is 12.9. The van der Waals surface area contributed by atoms with E-state index in [-0.39, 0.29) is 48.2 Å². The number of hydrogen-bond donors (Lipinski definition) is 6. The fourth-order valence-corrected chi connectivity index (χ4v) is 8.54. The summed E-state index contributed by atoms with van der Waals surface area (Å²) >= 11 is 0. The van der Waals surface area contributed by atoms with Crippen molar-refractivity contribution >= 4 is 57.8 Å².